The van der Waals surface area contributed by atoms with Crippen molar-refractivity contribution in [2.24, 2.45) is 0 Å². The minimum absolute atomic E-state index is 0.327. The van der Waals surface area contributed by atoms with Crippen LogP contribution in [-0.4, -0.2) is 19.1 Å². The van der Waals surface area contributed by atoms with Gasteiger partial charge in [-0.05, 0) is 37.7 Å². The maximum atomic E-state index is 4.51. The molecule has 0 saturated heterocycles. The van der Waals surface area contributed by atoms with Gasteiger partial charge in [0, 0.05) is 25.0 Å². The lowest BCUT2D eigenvalue weighted by atomic mass is 10.1. The van der Waals surface area contributed by atoms with Gasteiger partial charge >= 0.3 is 0 Å². The van der Waals surface area contributed by atoms with Gasteiger partial charge in [0.05, 0.1) is 0 Å². The van der Waals surface area contributed by atoms with Crippen LogP contribution in [0.1, 0.15) is 18.5 Å². The van der Waals surface area contributed by atoms with Crippen LogP contribution in [0.4, 0.5) is 11.5 Å². The first kappa shape index (κ1) is 12.6. The van der Waals surface area contributed by atoms with E-state index >= 15 is 0 Å². The molecule has 1 heterocycles. The van der Waals surface area contributed by atoms with Gasteiger partial charge in [-0.15, -0.1) is 0 Å². The Labute approximate surface area is 108 Å². The number of anilines is 2. The van der Waals surface area contributed by atoms with Gasteiger partial charge in [0.25, 0.3) is 0 Å². The van der Waals surface area contributed by atoms with Crippen LogP contribution in [0.2, 0.25) is 0 Å². The zero-order valence-electron chi connectivity index (χ0n) is 11.1. The molecule has 0 aliphatic rings. The van der Waals surface area contributed by atoms with Crippen LogP contribution in [-0.2, 0) is 0 Å². The molecule has 0 amide bonds. The van der Waals surface area contributed by atoms with Gasteiger partial charge in [0.15, 0.2) is 0 Å². The molecule has 1 N–H and O–H groups in total. The molecule has 1 aromatic carbocycles. The molecule has 0 fully saturated rings. The van der Waals surface area contributed by atoms with Crippen molar-refractivity contribution in [3.63, 3.8) is 0 Å². The fraction of sp³-hybridized carbons (Fsp3) is 0.267. The first-order chi connectivity index (χ1) is 8.72. The van der Waals surface area contributed by atoms with E-state index in [-0.39, 0.29) is 0 Å². The zero-order valence-corrected chi connectivity index (χ0v) is 11.1. The van der Waals surface area contributed by atoms with Gasteiger partial charge in [-0.1, -0.05) is 24.3 Å². The predicted octanol–water partition coefficient (Wildman–Crippen LogP) is 3.13. The average Bonchev–Trinajstić information content (AvgIpc) is 2.47. The van der Waals surface area contributed by atoms with E-state index < -0.39 is 0 Å². The molecule has 0 radical (unpaired) electrons. The second-order valence-electron chi connectivity index (χ2n) is 4.35. The van der Waals surface area contributed by atoms with E-state index in [1.165, 1.54) is 5.56 Å². The minimum Gasteiger partial charge on any atom is -0.329 e. The van der Waals surface area contributed by atoms with Crippen molar-refractivity contribution in [2.45, 2.75) is 13.0 Å². The van der Waals surface area contributed by atoms with Crippen LogP contribution in [0.5, 0.6) is 0 Å². The van der Waals surface area contributed by atoms with Gasteiger partial charge in [0.1, 0.15) is 5.82 Å². The van der Waals surface area contributed by atoms with Gasteiger partial charge in [-0.3, -0.25) is 0 Å². The third kappa shape index (κ3) is 2.68. The van der Waals surface area contributed by atoms with Crippen molar-refractivity contribution in [3.8, 4) is 0 Å². The summed E-state index contributed by atoms with van der Waals surface area (Å²) in [5, 5.41) is 3.21. The minimum atomic E-state index is 0.327. The van der Waals surface area contributed by atoms with Crippen molar-refractivity contribution < 1.29 is 0 Å². The number of nitrogens with zero attached hydrogens (tertiary/aromatic N) is 2. The molecule has 0 aliphatic heterocycles. The third-order valence-electron chi connectivity index (χ3n) is 3.19. The quantitative estimate of drug-likeness (QED) is 0.891. The monoisotopic (exact) mass is 241 g/mol. The van der Waals surface area contributed by atoms with Crippen molar-refractivity contribution in [3.05, 3.63) is 54.2 Å². The van der Waals surface area contributed by atoms with E-state index in [9.17, 15) is 0 Å². The molecule has 1 unspecified atom stereocenters. The van der Waals surface area contributed by atoms with Gasteiger partial charge in [0.2, 0.25) is 0 Å². The smallest absolute Gasteiger partial charge is 0.132 e. The Morgan fingerprint density at radius 2 is 1.83 bits per heavy atom. The Kier molecular flexibility index (Phi) is 3.95. The summed E-state index contributed by atoms with van der Waals surface area (Å²) in [5.41, 5.74) is 2.34. The number of aromatic nitrogens is 1. The molecule has 0 aliphatic carbocycles. The number of para-hydroxylation sites is 1. The predicted molar refractivity (Wildman–Crippen MR) is 76.2 cm³/mol. The molecule has 94 valence electrons. The standard InChI is InChI=1S/C15H19N3/c1-12(16-2)13-9-10-15(17-11-13)18(3)14-7-5-4-6-8-14/h4-12,16H,1-3H3. The molecule has 1 aromatic heterocycles. The molecule has 0 bridgehead atoms. The van der Waals surface area contributed by atoms with Crippen LogP contribution < -0.4 is 10.2 Å². The lowest BCUT2D eigenvalue weighted by Gasteiger charge is -2.19. The summed E-state index contributed by atoms with van der Waals surface area (Å²) in [6, 6.07) is 14.7. The number of nitrogens with one attached hydrogen (secondary N) is 1. The van der Waals surface area contributed by atoms with E-state index in [1.54, 1.807) is 0 Å². The van der Waals surface area contributed by atoms with Crippen LogP contribution in [0.15, 0.2) is 48.7 Å². The summed E-state index contributed by atoms with van der Waals surface area (Å²) in [6.45, 7) is 2.12. The molecule has 2 rings (SSSR count). The summed E-state index contributed by atoms with van der Waals surface area (Å²) in [5.74, 6) is 0.952. The average molecular weight is 241 g/mol. The van der Waals surface area contributed by atoms with Crippen LogP contribution in [0.25, 0.3) is 0 Å². The van der Waals surface area contributed by atoms with Gasteiger partial charge < -0.3 is 10.2 Å². The van der Waals surface area contributed by atoms with Crippen LogP contribution >= 0.6 is 0 Å². The third-order valence-corrected chi connectivity index (χ3v) is 3.19. The molecule has 18 heavy (non-hydrogen) atoms. The van der Waals surface area contributed by atoms with Crippen LogP contribution in [0.3, 0.4) is 0 Å². The Morgan fingerprint density at radius 1 is 1.11 bits per heavy atom. The Bertz CT molecular complexity index is 479. The molecule has 0 saturated carbocycles. The van der Waals surface area contributed by atoms with Crippen LogP contribution in [0, 0.1) is 0 Å². The largest absolute Gasteiger partial charge is 0.329 e. The van der Waals surface area contributed by atoms with Crippen molar-refractivity contribution in [1.29, 1.82) is 0 Å². The molecule has 3 nitrogen and oxygen atoms in total. The normalized spacial score (nSPS) is 12.2. The lowest BCUT2D eigenvalue weighted by molar-refractivity contribution is 0.649. The second kappa shape index (κ2) is 5.65. The first-order valence-corrected chi connectivity index (χ1v) is 6.14. The Hall–Kier alpha value is -1.87. The van der Waals surface area contributed by atoms with E-state index in [0.29, 0.717) is 6.04 Å². The number of benzene rings is 1. The topological polar surface area (TPSA) is 28.2 Å². The molecule has 1 atom stereocenters. The Morgan fingerprint density at radius 3 is 2.39 bits per heavy atom. The number of rotatable bonds is 4. The SMILES string of the molecule is CNC(C)c1ccc(N(C)c2ccccc2)nc1. The molecule has 2 aromatic rings. The summed E-state index contributed by atoms with van der Waals surface area (Å²) < 4.78 is 0. The maximum absolute atomic E-state index is 4.51. The van der Waals surface area contributed by atoms with Crippen molar-refractivity contribution in [2.75, 3.05) is 19.0 Å². The van der Waals surface area contributed by atoms with Gasteiger partial charge in [-0.25, -0.2) is 4.98 Å². The second-order valence-corrected chi connectivity index (χ2v) is 4.35. The Balaban J connectivity index is 2.19. The maximum Gasteiger partial charge on any atom is 0.132 e. The fourth-order valence-electron chi connectivity index (χ4n) is 1.80. The summed E-state index contributed by atoms with van der Waals surface area (Å²) in [6.07, 6.45) is 1.93. The van der Waals surface area contributed by atoms with E-state index in [0.717, 1.165) is 11.5 Å². The number of hydrogen-bond acceptors (Lipinski definition) is 3. The lowest BCUT2D eigenvalue weighted by Crippen LogP contribution is -2.14. The number of pyridine rings is 1. The molecular formula is C15H19N3. The highest BCUT2D eigenvalue weighted by atomic mass is 15.2. The number of hydrogen-bond donors (Lipinski definition) is 1. The van der Waals surface area contributed by atoms with Crippen molar-refractivity contribution >= 4 is 11.5 Å². The molecule has 0 spiro atoms. The molecular weight excluding hydrogens is 222 g/mol. The zero-order chi connectivity index (χ0) is 13.0. The summed E-state index contributed by atoms with van der Waals surface area (Å²) in [4.78, 5) is 6.59. The van der Waals surface area contributed by atoms with E-state index in [2.05, 4.69) is 46.4 Å². The van der Waals surface area contributed by atoms with Gasteiger partial charge in [-0.2, -0.15) is 0 Å². The van der Waals surface area contributed by atoms with E-state index in [4.69, 9.17) is 0 Å². The molecule has 3 heteroatoms. The first-order valence-electron chi connectivity index (χ1n) is 6.14. The fourth-order valence-corrected chi connectivity index (χ4v) is 1.80. The highest BCUT2D eigenvalue weighted by molar-refractivity contribution is 5.58. The van der Waals surface area contributed by atoms with E-state index in [1.807, 2.05) is 38.5 Å². The highest BCUT2D eigenvalue weighted by Gasteiger charge is 2.06. The van der Waals surface area contributed by atoms with Crippen molar-refractivity contribution in [1.82, 2.24) is 10.3 Å². The summed E-state index contributed by atoms with van der Waals surface area (Å²) in [7, 11) is 3.98. The highest BCUT2D eigenvalue weighted by Crippen LogP contribution is 2.22. The summed E-state index contributed by atoms with van der Waals surface area (Å²) >= 11 is 0.